The Kier molecular flexibility index (Phi) is 5.19. The molecule has 2 unspecified atom stereocenters. The largest absolute Gasteiger partial charge is 0.314 e. The van der Waals surface area contributed by atoms with E-state index in [0.29, 0.717) is 12.0 Å². The van der Waals surface area contributed by atoms with Crippen LogP contribution in [0.1, 0.15) is 38.2 Å². The van der Waals surface area contributed by atoms with Gasteiger partial charge in [0, 0.05) is 10.5 Å². The standard InChI is InChI=1S/C15H21BrFN/c1-2-18-15-6-4-3-5-12(15)7-11-8-13(16)10-14(17)9-11/h8-10,12,15,18H,2-7H2,1H3. The van der Waals surface area contributed by atoms with Crippen molar-refractivity contribution in [2.24, 2.45) is 5.92 Å². The van der Waals surface area contributed by atoms with Crippen LogP contribution < -0.4 is 5.32 Å². The minimum Gasteiger partial charge on any atom is -0.314 e. The highest BCUT2D eigenvalue weighted by Gasteiger charge is 2.24. The Morgan fingerprint density at radius 3 is 2.78 bits per heavy atom. The molecule has 3 heteroatoms. The van der Waals surface area contributed by atoms with E-state index in [9.17, 15) is 4.39 Å². The molecule has 1 aromatic rings. The third-order valence-electron chi connectivity index (χ3n) is 3.80. The highest BCUT2D eigenvalue weighted by Crippen LogP contribution is 2.28. The molecule has 1 N–H and O–H groups in total. The fourth-order valence-corrected chi connectivity index (χ4v) is 3.53. The molecule has 18 heavy (non-hydrogen) atoms. The van der Waals surface area contributed by atoms with Crippen molar-refractivity contribution in [3.8, 4) is 0 Å². The van der Waals surface area contributed by atoms with Crippen molar-refractivity contribution in [2.75, 3.05) is 6.54 Å². The third kappa shape index (κ3) is 3.79. The summed E-state index contributed by atoms with van der Waals surface area (Å²) in [4.78, 5) is 0. The molecule has 1 saturated carbocycles. The van der Waals surface area contributed by atoms with E-state index in [1.807, 2.05) is 6.07 Å². The van der Waals surface area contributed by atoms with E-state index in [2.05, 4.69) is 28.2 Å². The van der Waals surface area contributed by atoms with Crippen molar-refractivity contribution in [2.45, 2.75) is 45.1 Å². The predicted molar refractivity (Wildman–Crippen MR) is 77.2 cm³/mol. The van der Waals surface area contributed by atoms with Crippen LogP contribution in [0.3, 0.4) is 0 Å². The number of hydrogen-bond acceptors (Lipinski definition) is 1. The van der Waals surface area contributed by atoms with Gasteiger partial charge in [-0.1, -0.05) is 35.7 Å². The summed E-state index contributed by atoms with van der Waals surface area (Å²) in [7, 11) is 0. The van der Waals surface area contributed by atoms with Crippen molar-refractivity contribution in [1.82, 2.24) is 5.32 Å². The van der Waals surface area contributed by atoms with E-state index in [1.54, 1.807) is 6.07 Å². The molecule has 0 radical (unpaired) electrons. The highest BCUT2D eigenvalue weighted by atomic mass is 79.9. The Morgan fingerprint density at radius 1 is 1.28 bits per heavy atom. The van der Waals surface area contributed by atoms with E-state index in [1.165, 1.54) is 31.7 Å². The van der Waals surface area contributed by atoms with Crippen LogP contribution in [-0.4, -0.2) is 12.6 Å². The molecule has 2 rings (SSSR count). The van der Waals surface area contributed by atoms with Crippen molar-refractivity contribution < 1.29 is 4.39 Å². The maximum absolute atomic E-state index is 13.4. The molecule has 0 aromatic heterocycles. The van der Waals surface area contributed by atoms with Crippen LogP contribution >= 0.6 is 15.9 Å². The molecule has 0 amide bonds. The minimum absolute atomic E-state index is 0.143. The van der Waals surface area contributed by atoms with Crippen molar-refractivity contribution >= 4 is 15.9 Å². The summed E-state index contributed by atoms with van der Waals surface area (Å²) in [6, 6.07) is 5.83. The lowest BCUT2D eigenvalue weighted by atomic mass is 9.80. The van der Waals surface area contributed by atoms with Crippen LogP contribution in [0.15, 0.2) is 22.7 Å². The van der Waals surface area contributed by atoms with Gasteiger partial charge in [0.25, 0.3) is 0 Å². The van der Waals surface area contributed by atoms with E-state index in [4.69, 9.17) is 0 Å². The number of hydrogen-bond donors (Lipinski definition) is 1. The maximum Gasteiger partial charge on any atom is 0.124 e. The van der Waals surface area contributed by atoms with Gasteiger partial charge in [-0.15, -0.1) is 0 Å². The first-order chi connectivity index (χ1) is 8.69. The monoisotopic (exact) mass is 313 g/mol. The summed E-state index contributed by atoms with van der Waals surface area (Å²) in [5, 5.41) is 3.58. The summed E-state index contributed by atoms with van der Waals surface area (Å²) in [6.45, 7) is 3.18. The van der Waals surface area contributed by atoms with E-state index in [0.717, 1.165) is 23.0 Å². The molecular formula is C15H21BrFN. The predicted octanol–water partition coefficient (Wildman–Crippen LogP) is 4.30. The molecule has 0 spiro atoms. The molecule has 0 heterocycles. The van der Waals surface area contributed by atoms with Crippen molar-refractivity contribution in [3.05, 3.63) is 34.1 Å². The quantitative estimate of drug-likeness (QED) is 0.874. The smallest absolute Gasteiger partial charge is 0.124 e. The van der Waals surface area contributed by atoms with E-state index >= 15 is 0 Å². The molecule has 1 aliphatic rings. The number of rotatable bonds is 4. The van der Waals surface area contributed by atoms with Gasteiger partial charge in [-0.05, 0) is 55.5 Å². The Balaban J connectivity index is 2.05. The van der Waals surface area contributed by atoms with Gasteiger partial charge in [-0.25, -0.2) is 4.39 Å². The molecule has 2 atom stereocenters. The Bertz CT molecular complexity index is 372. The van der Waals surface area contributed by atoms with Crippen LogP contribution in [0.25, 0.3) is 0 Å². The van der Waals surface area contributed by atoms with Crippen LogP contribution in [0.4, 0.5) is 4.39 Å². The van der Waals surface area contributed by atoms with Gasteiger partial charge < -0.3 is 5.32 Å². The zero-order valence-electron chi connectivity index (χ0n) is 10.9. The van der Waals surface area contributed by atoms with Gasteiger partial charge in [0.05, 0.1) is 0 Å². The molecule has 100 valence electrons. The minimum atomic E-state index is -0.143. The summed E-state index contributed by atoms with van der Waals surface area (Å²) in [5.41, 5.74) is 1.11. The van der Waals surface area contributed by atoms with Gasteiger partial charge >= 0.3 is 0 Å². The fraction of sp³-hybridized carbons (Fsp3) is 0.600. The topological polar surface area (TPSA) is 12.0 Å². The van der Waals surface area contributed by atoms with Gasteiger partial charge in [0.2, 0.25) is 0 Å². The molecule has 1 aliphatic carbocycles. The molecule has 1 aromatic carbocycles. The van der Waals surface area contributed by atoms with E-state index < -0.39 is 0 Å². The number of nitrogens with one attached hydrogen (secondary N) is 1. The average molecular weight is 314 g/mol. The maximum atomic E-state index is 13.4. The van der Waals surface area contributed by atoms with Crippen molar-refractivity contribution in [3.63, 3.8) is 0 Å². The zero-order chi connectivity index (χ0) is 13.0. The lowest BCUT2D eigenvalue weighted by Gasteiger charge is -2.32. The Hall–Kier alpha value is -0.410. The lowest BCUT2D eigenvalue weighted by Crippen LogP contribution is -2.39. The average Bonchev–Trinajstić information content (AvgIpc) is 2.30. The first kappa shape index (κ1) is 14.0. The molecule has 1 nitrogen and oxygen atoms in total. The number of halogens is 2. The lowest BCUT2D eigenvalue weighted by molar-refractivity contribution is 0.264. The number of benzene rings is 1. The van der Waals surface area contributed by atoms with Gasteiger partial charge in [0.1, 0.15) is 5.82 Å². The molecule has 0 bridgehead atoms. The fourth-order valence-electron chi connectivity index (χ4n) is 3.01. The van der Waals surface area contributed by atoms with Crippen LogP contribution in [0.2, 0.25) is 0 Å². The third-order valence-corrected chi connectivity index (χ3v) is 4.25. The second-order valence-electron chi connectivity index (χ2n) is 5.19. The Labute approximate surface area is 117 Å². The summed E-state index contributed by atoms with van der Waals surface area (Å²) >= 11 is 3.37. The summed E-state index contributed by atoms with van der Waals surface area (Å²) < 4.78 is 14.2. The van der Waals surface area contributed by atoms with Crippen LogP contribution in [-0.2, 0) is 6.42 Å². The normalized spacial score (nSPS) is 24.2. The highest BCUT2D eigenvalue weighted by molar-refractivity contribution is 9.10. The zero-order valence-corrected chi connectivity index (χ0v) is 12.5. The SMILES string of the molecule is CCNC1CCCCC1Cc1cc(F)cc(Br)c1. The van der Waals surface area contributed by atoms with Gasteiger partial charge in [-0.3, -0.25) is 0 Å². The first-order valence-electron chi connectivity index (χ1n) is 6.87. The molecule has 0 aliphatic heterocycles. The summed E-state index contributed by atoms with van der Waals surface area (Å²) in [6.07, 6.45) is 6.12. The van der Waals surface area contributed by atoms with Crippen LogP contribution in [0.5, 0.6) is 0 Å². The first-order valence-corrected chi connectivity index (χ1v) is 7.66. The second kappa shape index (κ2) is 6.67. The van der Waals surface area contributed by atoms with E-state index in [-0.39, 0.29) is 5.82 Å². The van der Waals surface area contributed by atoms with Crippen molar-refractivity contribution in [1.29, 1.82) is 0 Å². The van der Waals surface area contributed by atoms with Gasteiger partial charge in [0.15, 0.2) is 0 Å². The summed E-state index contributed by atoms with van der Waals surface area (Å²) in [5.74, 6) is 0.502. The molecular weight excluding hydrogens is 293 g/mol. The molecule has 0 saturated heterocycles. The second-order valence-corrected chi connectivity index (χ2v) is 6.11. The van der Waals surface area contributed by atoms with Gasteiger partial charge in [-0.2, -0.15) is 0 Å². The van der Waals surface area contributed by atoms with Crippen LogP contribution in [0, 0.1) is 11.7 Å². The Morgan fingerprint density at radius 2 is 2.06 bits per heavy atom. The molecule has 1 fully saturated rings.